The third-order valence-electron chi connectivity index (χ3n) is 3.54. The number of fused-ring (bicyclic) bond motifs is 1. The van der Waals surface area contributed by atoms with Crippen LogP contribution < -0.4 is 10.3 Å². The molecule has 23 heavy (non-hydrogen) atoms. The van der Waals surface area contributed by atoms with E-state index in [1.54, 1.807) is 19.4 Å². The molecular formula is C18H15ClN2O2. The number of rotatable bonds is 3. The van der Waals surface area contributed by atoms with Gasteiger partial charge in [0.1, 0.15) is 11.4 Å². The number of hydrogen-bond acceptors (Lipinski definition) is 3. The molecule has 4 nitrogen and oxygen atoms in total. The first-order valence-corrected chi connectivity index (χ1v) is 7.47. The zero-order valence-corrected chi connectivity index (χ0v) is 13.5. The van der Waals surface area contributed by atoms with E-state index in [4.69, 9.17) is 16.3 Å². The minimum Gasteiger partial charge on any atom is -0.497 e. The highest BCUT2D eigenvalue weighted by Crippen LogP contribution is 2.22. The molecule has 0 spiro atoms. The highest BCUT2D eigenvalue weighted by atomic mass is 35.5. The Balaban J connectivity index is 2.06. The summed E-state index contributed by atoms with van der Waals surface area (Å²) in [6.07, 6.45) is 3.47. The largest absolute Gasteiger partial charge is 0.497 e. The van der Waals surface area contributed by atoms with Gasteiger partial charge in [0.2, 0.25) is 0 Å². The van der Waals surface area contributed by atoms with E-state index < -0.39 is 0 Å². The molecule has 116 valence electrons. The lowest BCUT2D eigenvalue weighted by atomic mass is 10.2. The summed E-state index contributed by atoms with van der Waals surface area (Å²) in [6, 6.07) is 12.6. The Morgan fingerprint density at radius 3 is 2.70 bits per heavy atom. The number of aryl methyl sites for hydroxylation is 1. The van der Waals surface area contributed by atoms with Gasteiger partial charge in [0, 0.05) is 12.3 Å². The van der Waals surface area contributed by atoms with Crippen LogP contribution in [0.1, 0.15) is 16.8 Å². The first-order valence-electron chi connectivity index (χ1n) is 7.09. The maximum absolute atomic E-state index is 12.2. The Hall–Kier alpha value is -2.59. The van der Waals surface area contributed by atoms with E-state index in [9.17, 15) is 4.79 Å². The average Bonchev–Trinajstić information content (AvgIpc) is 2.56. The number of nitrogens with zero attached hydrogens (tertiary/aromatic N) is 2. The molecule has 0 unspecified atom stereocenters. The molecule has 2 heterocycles. The molecule has 5 heteroatoms. The Morgan fingerprint density at radius 2 is 2.00 bits per heavy atom. The fourth-order valence-corrected chi connectivity index (χ4v) is 2.53. The predicted molar refractivity (Wildman–Crippen MR) is 92.9 cm³/mol. The summed E-state index contributed by atoms with van der Waals surface area (Å²) in [5.41, 5.74) is 2.73. The van der Waals surface area contributed by atoms with Gasteiger partial charge < -0.3 is 4.74 Å². The van der Waals surface area contributed by atoms with E-state index in [2.05, 4.69) is 4.98 Å². The van der Waals surface area contributed by atoms with Crippen LogP contribution in [0.4, 0.5) is 0 Å². The first-order chi connectivity index (χ1) is 11.1. The van der Waals surface area contributed by atoms with Crippen LogP contribution in [-0.2, 0) is 0 Å². The Morgan fingerprint density at radius 1 is 1.26 bits per heavy atom. The van der Waals surface area contributed by atoms with Crippen molar-refractivity contribution in [2.75, 3.05) is 7.11 Å². The van der Waals surface area contributed by atoms with Crippen LogP contribution >= 0.6 is 11.6 Å². The van der Waals surface area contributed by atoms with Gasteiger partial charge in [-0.1, -0.05) is 29.8 Å². The number of methoxy groups -OCH3 is 1. The van der Waals surface area contributed by atoms with Crippen molar-refractivity contribution in [3.05, 3.63) is 75.8 Å². The van der Waals surface area contributed by atoms with Crippen LogP contribution in [0.15, 0.2) is 53.5 Å². The van der Waals surface area contributed by atoms with Crippen molar-refractivity contribution in [3.63, 3.8) is 0 Å². The number of ether oxygens (including phenoxy) is 1. The van der Waals surface area contributed by atoms with Crippen molar-refractivity contribution >= 4 is 28.4 Å². The lowest BCUT2D eigenvalue weighted by Crippen LogP contribution is -2.15. The van der Waals surface area contributed by atoms with E-state index in [-0.39, 0.29) is 5.56 Å². The molecule has 0 aliphatic heterocycles. The molecule has 0 atom stereocenters. The summed E-state index contributed by atoms with van der Waals surface area (Å²) < 4.78 is 6.64. The van der Waals surface area contributed by atoms with Crippen LogP contribution in [0.2, 0.25) is 0 Å². The van der Waals surface area contributed by atoms with Gasteiger partial charge in [-0.25, -0.2) is 4.98 Å². The summed E-state index contributed by atoms with van der Waals surface area (Å²) >= 11 is 6.36. The van der Waals surface area contributed by atoms with Crippen molar-refractivity contribution in [2.45, 2.75) is 6.92 Å². The molecule has 0 aliphatic rings. The molecule has 0 fully saturated rings. The van der Waals surface area contributed by atoms with Gasteiger partial charge in [0.05, 0.1) is 17.8 Å². The van der Waals surface area contributed by atoms with Crippen LogP contribution in [-0.4, -0.2) is 16.5 Å². The molecule has 0 radical (unpaired) electrons. The maximum atomic E-state index is 12.2. The zero-order chi connectivity index (χ0) is 16.4. The van der Waals surface area contributed by atoms with Crippen molar-refractivity contribution in [3.8, 4) is 5.75 Å². The second kappa shape index (κ2) is 6.26. The standard InChI is InChI=1S/C18H15ClN2O2/c1-12-4-3-9-21-17(22)11-16(20-18(12)21)15(19)10-13-5-7-14(23-2)8-6-13/h3-11H,1-2H3/b15-10-. The number of pyridine rings is 1. The van der Waals surface area contributed by atoms with E-state index >= 15 is 0 Å². The van der Waals surface area contributed by atoms with Crippen LogP contribution in [0.3, 0.4) is 0 Å². The lowest BCUT2D eigenvalue weighted by molar-refractivity contribution is 0.415. The summed E-state index contributed by atoms with van der Waals surface area (Å²) in [6.45, 7) is 1.91. The highest BCUT2D eigenvalue weighted by Gasteiger charge is 2.07. The molecule has 2 aromatic heterocycles. The molecule has 0 saturated carbocycles. The number of benzene rings is 1. The second-order valence-electron chi connectivity index (χ2n) is 5.13. The molecule has 0 amide bonds. The Labute approximate surface area is 138 Å². The lowest BCUT2D eigenvalue weighted by Gasteiger charge is -2.06. The third kappa shape index (κ3) is 3.12. The Bertz CT molecular complexity index is 943. The second-order valence-corrected chi connectivity index (χ2v) is 5.54. The third-order valence-corrected chi connectivity index (χ3v) is 3.84. The van der Waals surface area contributed by atoms with Crippen molar-refractivity contribution in [2.24, 2.45) is 0 Å². The van der Waals surface area contributed by atoms with Crippen molar-refractivity contribution in [1.82, 2.24) is 9.38 Å². The molecule has 0 aliphatic carbocycles. The fraction of sp³-hybridized carbons (Fsp3) is 0.111. The topological polar surface area (TPSA) is 43.6 Å². The molecule has 0 N–H and O–H groups in total. The average molecular weight is 327 g/mol. The van der Waals surface area contributed by atoms with Crippen LogP contribution in [0, 0.1) is 6.92 Å². The van der Waals surface area contributed by atoms with Crippen molar-refractivity contribution < 1.29 is 4.74 Å². The smallest absolute Gasteiger partial charge is 0.258 e. The van der Waals surface area contributed by atoms with Gasteiger partial charge >= 0.3 is 0 Å². The van der Waals surface area contributed by atoms with Gasteiger partial charge in [-0.15, -0.1) is 0 Å². The summed E-state index contributed by atoms with van der Waals surface area (Å²) in [5, 5.41) is 0.415. The molecular weight excluding hydrogens is 312 g/mol. The van der Waals surface area contributed by atoms with E-state index in [0.29, 0.717) is 16.4 Å². The minimum atomic E-state index is -0.157. The van der Waals surface area contributed by atoms with E-state index in [1.165, 1.54) is 10.5 Å². The Kier molecular flexibility index (Phi) is 4.17. The van der Waals surface area contributed by atoms with E-state index in [1.807, 2.05) is 43.3 Å². The van der Waals surface area contributed by atoms with Crippen LogP contribution in [0.5, 0.6) is 5.75 Å². The molecule has 3 rings (SSSR count). The van der Waals surface area contributed by atoms with Gasteiger partial charge in [0.15, 0.2) is 0 Å². The molecule has 0 bridgehead atoms. The van der Waals surface area contributed by atoms with Gasteiger partial charge in [-0.05, 0) is 42.3 Å². The summed E-state index contributed by atoms with van der Waals surface area (Å²) in [5.74, 6) is 0.774. The number of hydrogen-bond donors (Lipinski definition) is 0. The quantitative estimate of drug-likeness (QED) is 0.736. The normalized spacial score (nSPS) is 11.7. The SMILES string of the molecule is COc1ccc(/C=C(\Cl)c2cc(=O)n3cccc(C)c3n2)cc1. The van der Waals surface area contributed by atoms with Gasteiger partial charge in [-0.2, -0.15) is 0 Å². The molecule has 0 saturated heterocycles. The number of aromatic nitrogens is 2. The first kappa shape index (κ1) is 15.3. The minimum absolute atomic E-state index is 0.157. The zero-order valence-electron chi connectivity index (χ0n) is 12.8. The van der Waals surface area contributed by atoms with Crippen LogP contribution in [0.25, 0.3) is 16.8 Å². The predicted octanol–water partition coefficient (Wildman–Crippen LogP) is 3.75. The fourth-order valence-electron chi connectivity index (χ4n) is 2.30. The summed E-state index contributed by atoms with van der Waals surface area (Å²) in [4.78, 5) is 16.7. The molecule has 1 aromatic carbocycles. The highest BCUT2D eigenvalue weighted by molar-refractivity contribution is 6.51. The van der Waals surface area contributed by atoms with Gasteiger partial charge in [0.25, 0.3) is 5.56 Å². The molecule has 3 aromatic rings. The maximum Gasteiger partial charge on any atom is 0.258 e. The van der Waals surface area contributed by atoms with Crippen molar-refractivity contribution in [1.29, 1.82) is 0 Å². The number of halogens is 1. The van der Waals surface area contributed by atoms with E-state index in [0.717, 1.165) is 16.9 Å². The summed E-state index contributed by atoms with van der Waals surface area (Å²) in [7, 11) is 1.62. The van der Waals surface area contributed by atoms with Gasteiger partial charge in [-0.3, -0.25) is 9.20 Å². The monoisotopic (exact) mass is 326 g/mol.